The van der Waals surface area contributed by atoms with Gasteiger partial charge < -0.3 is 0 Å². The van der Waals surface area contributed by atoms with Crippen LogP contribution in [0.4, 0.5) is 13.2 Å². The third-order valence-electron chi connectivity index (χ3n) is 2.53. The highest BCUT2D eigenvalue weighted by molar-refractivity contribution is 7.84. The van der Waals surface area contributed by atoms with Crippen LogP contribution < -0.4 is 0 Å². The molecule has 2 aromatic rings. The van der Waals surface area contributed by atoms with E-state index in [-0.39, 0.29) is 6.54 Å². The van der Waals surface area contributed by atoms with Crippen molar-refractivity contribution in [2.45, 2.75) is 17.9 Å². The monoisotopic (exact) mass is 313 g/mol. The minimum absolute atomic E-state index is 0.211. The molecule has 0 bridgehead atoms. The molecule has 1 atom stereocenters. The molecule has 21 heavy (non-hydrogen) atoms. The molecular formula is C13H10F3N3OS. The van der Waals surface area contributed by atoms with Crippen molar-refractivity contribution < 1.29 is 17.4 Å². The quantitative estimate of drug-likeness (QED) is 0.798. The topological polar surface area (TPSA) is 47.8 Å². The van der Waals surface area contributed by atoms with Gasteiger partial charge in [-0.05, 0) is 24.3 Å². The van der Waals surface area contributed by atoms with Gasteiger partial charge in [0.15, 0.2) is 0 Å². The van der Waals surface area contributed by atoms with Gasteiger partial charge in [0.1, 0.15) is 6.33 Å². The SMILES string of the molecule is C[S@](=O)c1nncn1CC#Cc1ccc(C(F)(F)F)cc1. The Kier molecular flexibility index (Phi) is 4.43. The van der Waals surface area contributed by atoms with Crippen molar-refractivity contribution in [2.24, 2.45) is 0 Å². The van der Waals surface area contributed by atoms with Crippen molar-refractivity contribution in [3.63, 3.8) is 0 Å². The molecular weight excluding hydrogens is 303 g/mol. The fourth-order valence-corrected chi connectivity index (χ4v) is 2.15. The standard InChI is InChI=1S/C13H10F3N3OS/c1-21(20)12-18-17-9-19(12)8-2-3-10-4-6-11(7-5-10)13(14,15)16/h4-7,9H,8H2,1H3/t21-/m0/s1. The zero-order chi connectivity index (χ0) is 15.5. The summed E-state index contributed by atoms with van der Waals surface area (Å²) in [6.07, 6.45) is -1.48. The average molecular weight is 313 g/mol. The predicted octanol–water partition coefficient (Wildman–Crippen LogP) is 2.09. The van der Waals surface area contributed by atoms with Gasteiger partial charge in [0.2, 0.25) is 5.16 Å². The minimum Gasteiger partial charge on any atom is -0.295 e. The molecule has 1 heterocycles. The largest absolute Gasteiger partial charge is 0.416 e. The zero-order valence-electron chi connectivity index (χ0n) is 10.9. The number of benzene rings is 1. The first kappa shape index (κ1) is 15.3. The molecule has 0 aliphatic heterocycles. The molecule has 0 aliphatic rings. The molecule has 1 aromatic carbocycles. The maximum absolute atomic E-state index is 12.4. The summed E-state index contributed by atoms with van der Waals surface area (Å²) in [5, 5.41) is 7.64. The second-order valence-electron chi connectivity index (χ2n) is 4.07. The number of aromatic nitrogens is 3. The summed E-state index contributed by atoms with van der Waals surface area (Å²) < 4.78 is 50.0. The molecule has 0 spiro atoms. The molecule has 0 amide bonds. The summed E-state index contributed by atoms with van der Waals surface area (Å²) in [4.78, 5) is 0. The lowest BCUT2D eigenvalue weighted by molar-refractivity contribution is -0.137. The molecule has 0 saturated heterocycles. The average Bonchev–Trinajstić information content (AvgIpc) is 2.87. The Labute approximate surface area is 121 Å². The van der Waals surface area contributed by atoms with E-state index in [0.717, 1.165) is 12.1 Å². The summed E-state index contributed by atoms with van der Waals surface area (Å²) in [5.41, 5.74) is -0.245. The predicted molar refractivity (Wildman–Crippen MR) is 70.7 cm³/mol. The lowest BCUT2D eigenvalue weighted by atomic mass is 10.1. The van der Waals surface area contributed by atoms with Gasteiger partial charge in [-0.25, -0.2) is 0 Å². The number of hydrogen-bond acceptors (Lipinski definition) is 3. The Morgan fingerprint density at radius 2 is 1.95 bits per heavy atom. The van der Waals surface area contributed by atoms with Gasteiger partial charge in [0, 0.05) is 11.8 Å². The Balaban J connectivity index is 2.09. The Morgan fingerprint density at radius 1 is 1.29 bits per heavy atom. The van der Waals surface area contributed by atoms with Crippen molar-refractivity contribution in [3.8, 4) is 11.8 Å². The lowest BCUT2D eigenvalue weighted by Crippen LogP contribution is -2.04. The first-order valence-corrected chi connectivity index (χ1v) is 7.31. The van der Waals surface area contributed by atoms with Crippen molar-refractivity contribution in [2.75, 3.05) is 6.26 Å². The highest BCUT2D eigenvalue weighted by Crippen LogP contribution is 2.28. The summed E-state index contributed by atoms with van der Waals surface area (Å²) in [6.45, 7) is 0.211. The molecule has 110 valence electrons. The maximum Gasteiger partial charge on any atom is 0.416 e. The van der Waals surface area contributed by atoms with Gasteiger partial charge in [-0.15, -0.1) is 10.2 Å². The van der Waals surface area contributed by atoms with E-state index in [1.54, 1.807) is 0 Å². The highest BCUT2D eigenvalue weighted by Gasteiger charge is 2.29. The number of rotatable bonds is 2. The van der Waals surface area contributed by atoms with Crippen LogP contribution >= 0.6 is 0 Å². The molecule has 0 radical (unpaired) electrons. The molecule has 0 fully saturated rings. The van der Waals surface area contributed by atoms with Crippen molar-refractivity contribution in [3.05, 3.63) is 41.7 Å². The first-order chi connectivity index (χ1) is 9.88. The molecule has 4 nitrogen and oxygen atoms in total. The Hall–Kier alpha value is -2.14. The number of halogens is 3. The van der Waals surface area contributed by atoms with E-state index in [4.69, 9.17) is 0 Å². The van der Waals surface area contributed by atoms with Crippen LogP contribution in [0.15, 0.2) is 35.7 Å². The molecule has 0 aliphatic carbocycles. The molecule has 8 heteroatoms. The van der Waals surface area contributed by atoms with Crippen LogP contribution in [0.1, 0.15) is 11.1 Å². The smallest absolute Gasteiger partial charge is 0.295 e. The summed E-state index contributed by atoms with van der Waals surface area (Å²) >= 11 is 0. The fraction of sp³-hybridized carbons (Fsp3) is 0.231. The van der Waals surface area contributed by atoms with E-state index in [9.17, 15) is 17.4 Å². The van der Waals surface area contributed by atoms with Crippen LogP contribution in [-0.4, -0.2) is 25.2 Å². The van der Waals surface area contributed by atoms with Gasteiger partial charge >= 0.3 is 6.18 Å². The van der Waals surface area contributed by atoms with E-state index >= 15 is 0 Å². The number of alkyl halides is 3. The van der Waals surface area contributed by atoms with Crippen LogP contribution in [0, 0.1) is 11.8 Å². The van der Waals surface area contributed by atoms with Gasteiger partial charge in [-0.3, -0.25) is 8.78 Å². The van der Waals surface area contributed by atoms with Gasteiger partial charge in [0.05, 0.1) is 22.9 Å². The van der Waals surface area contributed by atoms with Gasteiger partial charge in [-0.2, -0.15) is 13.2 Å². The third kappa shape index (κ3) is 3.92. The Morgan fingerprint density at radius 3 is 2.52 bits per heavy atom. The second kappa shape index (κ2) is 6.10. The highest BCUT2D eigenvalue weighted by atomic mass is 32.2. The molecule has 0 unspecified atom stereocenters. The summed E-state index contributed by atoms with van der Waals surface area (Å²) in [7, 11) is -1.27. The number of hydrogen-bond donors (Lipinski definition) is 0. The third-order valence-corrected chi connectivity index (χ3v) is 3.36. The van der Waals surface area contributed by atoms with Crippen LogP contribution in [0.3, 0.4) is 0 Å². The van der Waals surface area contributed by atoms with Crippen LogP contribution in [-0.2, 0) is 23.5 Å². The van der Waals surface area contributed by atoms with E-state index < -0.39 is 22.5 Å². The Bertz CT molecular complexity index is 711. The zero-order valence-corrected chi connectivity index (χ0v) is 11.7. The number of nitrogens with zero attached hydrogens (tertiary/aromatic N) is 3. The maximum atomic E-state index is 12.4. The van der Waals surface area contributed by atoms with E-state index in [1.165, 1.54) is 29.3 Å². The molecule has 0 N–H and O–H groups in total. The summed E-state index contributed by atoms with van der Waals surface area (Å²) in [5.74, 6) is 5.51. The van der Waals surface area contributed by atoms with Crippen LogP contribution in [0.25, 0.3) is 0 Å². The van der Waals surface area contributed by atoms with E-state index in [0.29, 0.717) is 10.7 Å². The van der Waals surface area contributed by atoms with Crippen LogP contribution in [0.5, 0.6) is 0 Å². The van der Waals surface area contributed by atoms with Crippen molar-refractivity contribution in [1.29, 1.82) is 0 Å². The summed E-state index contributed by atoms with van der Waals surface area (Å²) in [6, 6.07) is 4.58. The molecule has 0 saturated carbocycles. The second-order valence-corrected chi connectivity index (χ2v) is 5.35. The van der Waals surface area contributed by atoms with E-state index in [2.05, 4.69) is 22.0 Å². The lowest BCUT2D eigenvalue weighted by Gasteiger charge is -2.05. The van der Waals surface area contributed by atoms with Crippen molar-refractivity contribution >= 4 is 10.8 Å². The van der Waals surface area contributed by atoms with Crippen LogP contribution in [0.2, 0.25) is 0 Å². The minimum atomic E-state index is -4.35. The molecule has 1 aromatic heterocycles. The van der Waals surface area contributed by atoms with Gasteiger partial charge in [-0.1, -0.05) is 11.8 Å². The van der Waals surface area contributed by atoms with Crippen molar-refractivity contribution in [1.82, 2.24) is 14.8 Å². The van der Waals surface area contributed by atoms with E-state index in [1.807, 2.05) is 0 Å². The van der Waals surface area contributed by atoms with Gasteiger partial charge in [0.25, 0.3) is 0 Å². The molecule has 2 rings (SSSR count). The fourth-order valence-electron chi connectivity index (χ4n) is 1.54. The first-order valence-electron chi connectivity index (χ1n) is 5.75. The normalized spacial score (nSPS) is 12.6.